The van der Waals surface area contributed by atoms with Gasteiger partial charge in [-0.2, -0.15) is 0 Å². The Labute approximate surface area is 146 Å². The van der Waals surface area contributed by atoms with Gasteiger partial charge in [-0.25, -0.2) is 9.59 Å². The molecule has 4 heteroatoms. The van der Waals surface area contributed by atoms with E-state index in [1.807, 2.05) is 48.5 Å². The van der Waals surface area contributed by atoms with Gasteiger partial charge in [0.15, 0.2) is 0 Å². The molecule has 1 unspecified atom stereocenters. The maximum Gasteiger partial charge on any atom is 0.418 e. The third-order valence-electron chi connectivity index (χ3n) is 5.18. The van der Waals surface area contributed by atoms with Crippen molar-refractivity contribution in [1.29, 1.82) is 0 Å². The topological polar surface area (TPSA) is 52.6 Å². The molecule has 0 heterocycles. The lowest BCUT2D eigenvalue weighted by molar-refractivity contribution is -0.158. The first-order chi connectivity index (χ1) is 12.3. The minimum atomic E-state index is -1.01. The second-order valence-corrected chi connectivity index (χ2v) is 6.62. The van der Waals surface area contributed by atoms with Crippen LogP contribution in [0.15, 0.2) is 48.5 Å². The number of carbonyl (C=O) groups is 1. The van der Waals surface area contributed by atoms with Gasteiger partial charge in [0.2, 0.25) is 6.10 Å². The minimum absolute atomic E-state index is 0.0721. The fourth-order valence-electron chi connectivity index (χ4n) is 4.06. The van der Waals surface area contributed by atoms with Crippen molar-refractivity contribution in [3.8, 4) is 11.1 Å². The smallest absolute Gasteiger partial charge is 0.418 e. The molecule has 0 aliphatic heterocycles. The van der Waals surface area contributed by atoms with E-state index in [1.165, 1.54) is 6.47 Å². The molecular formula is C21H19O4. The van der Waals surface area contributed by atoms with Crippen LogP contribution in [0.25, 0.3) is 11.1 Å². The average Bonchev–Trinajstić information content (AvgIpc) is 3.26. The SMILES string of the molecule is O=[C]OC(C(=O)OC1CCCC1)C1c2ccccc2-c2ccccc21. The summed E-state index contributed by atoms with van der Waals surface area (Å²) >= 11 is 0. The summed E-state index contributed by atoms with van der Waals surface area (Å²) < 4.78 is 10.8. The molecule has 2 aliphatic carbocycles. The molecule has 2 aromatic rings. The minimum Gasteiger partial charge on any atom is -0.460 e. The summed E-state index contributed by atoms with van der Waals surface area (Å²) in [6.45, 7) is 1.46. The van der Waals surface area contributed by atoms with Crippen molar-refractivity contribution in [2.45, 2.75) is 43.8 Å². The normalized spacial score (nSPS) is 17.6. The van der Waals surface area contributed by atoms with E-state index in [9.17, 15) is 9.59 Å². The lowest BCUT2D eigenvalue weighted by atomic mass is 9.91. The van der Waals surface area contributed by atoms with Gasteiger partial charge in [0.25, 0.3) is 0 Å². The zero-order chi connectivity index (χ0) is 17.2. The van der Waals surface area contributed by atoms with E-state index in [1.54, 1.807) is 0 Å². The van der Waals surface area contributed by atoms with Gasteiger partial charge in [-0.15, -0.1) is 0 Å². The lowest BCUT2D eigenvalue weighted by Gasteiger charge is -2.23. The van der Waals surface area contributed by atoms with E-state index in [2.05, 4.69) is 0 Å². The Balaban J connectivity index is 1.71. The van der Waals surface area contributed by atoms with Crippen LogP contribution in [0.1, 0.15) is 42.7 Å². The largest absolute Gasteiger partial charge is 0.460 e. The Bertz CT molecular complexity index is 746. The van der Waals surface area contributed by atoms with Crippen molar-refractivity contribution < 1.29 is 19.1 Å². The van der Waals surface area contributed by atoms with Gasteiger partial charge in [0, 0.05) is 0 Å². The summed E-state index contributed by atoms with van der Waals surface area (Å²) in [4.78, 5) is 23.8. The second-order valence-electron chi connectivity index (χ2n) is 6.62. The van der Waals surface area contributed by atoms with Crippen LogP contribution >= 0.6 is 0 Å². The van der Waals surface area contributed by atoms with Crippen molar-refractivity contribution in [1.82, 2.24) is 0 Å². The molecule has 0 amide bonds. The quantitative estimate of drug-likeness (QED) is 0.781. The summed E-state index contributed by atoms with van der Waals surface area (Å²) in [5.74, 6) is -0.838. The van der Waals surface area contributed by atoms with Crippen molar-refractivity contribution in [3.05, 3.63) is 59.7 Å². The maximum absolute atomic E-state index is 12.8. The van der Waals surface area contributed by atoms with Gasteiger partial charge in [0.05, 0.1) is 5.92 Å². The highest BCUT2D eigenvalue weighted by molar-refractivity contribution is 5.85. The molecule has 4 rings (SSSR count). The maximum atomic E-state index is 12.8. The molecule has 0 saturated heterocycles. The predicted octanol–water partition coefficient (Wildman–Crippen LogP) is 3.74. The molecule has 1 fully saturated rings. The Morgan fingerprint density at radius 3 is 2.08 bits per heavy atom. The molecule has 4 nitrogen and oxygen atoms in total. The van der Waals surface area contributed by atoms with E-state index in [-0.39, 0.29) is 12.0 Å². The Morgan fingerprint density at radius 2 is 1.52 bits per heavy atom. The number of esters is 1. The van der Waals surface area contributed by atoms with Crippen LogP contribution < -0.4 is 0 Å². The van der Waals surface area contributed by atoms with Crippen LogP contribution in [0.2, 0.25) is 0 Å². The van der Waals surface area contributed by atoms with Gasteiger partial charge in [0.1, 0.15) is 6.10 Å². The Hall–Kier alpha value is -2.62. The zero-order valence-corrected chi connectivity index (χ0v) is 13.8. The third kappa shape index (κ3) is 2.82. The van der Waals surface area contributed by atoms with Crippen molar-refractivity contribution in [2.75, 3.05) is 0 Å². The highest BCUT2D eigenvalue weighted by Gasteiger charge is 2.41. The van der Waals surface area contributed by atoms with Crippen molar-refractivity contribution in [2.24, 2.45) is 0 Å². The van der Waals surface area contributed by atoms with Gasteiger partial charge >= 0.3 is 12.4 Å². The summed E-state index contributed by atoms with van der Waals surface area (Å²) in [6, 6.07) is 15.8. The molecule has 1 radical (unpaired) electrons. The van der Waals surface area contributed by atoms with Gasteiger partial charge in [-0.3, -0.25) is 0 Å². The molecule has 2 aromatic carbocycles. The van der Waals surface area contributed by atoms with Crippen LogP contribution in [0, 0.1) is 0 Å². The zero-order valence-electron chi connectivity index (χ0n) is 13.8. The Kier molecular flexibility index (Phi) is 4.26. The molecule has 1 saturated carbocycles. The Morgan fingerprint density at radius 1 is 0.960 bits per heavy atom. The predicted molar refractivity (Wildman–Crippen MR) is 92.6 cm³/mol. The molecule has 0 N–H and O–H groups in total. The summed E-state index contributed by atoms with van der Waals surface area (Å²) in [7, 11) is 0. The summed E-state index contributed by atoms with van der Waals surface area (Å²) in [5, 5.41) is 0. The first-order valence-corrected chi connectivity index (χ1v) is 8.71. The fraction of sp³-hybridized carbons (Fsp3) is 0.333. The second kappa shape index (κ2) is 6.71. The molecule has 0 bridgehead atoms. The molecule has 1 atom stereocenters. The number of rotatable bonds is 5. The van der Waals surface area contributed by atoms with E-state index in [0.29, 0.717) is 0 Å². The molecule has 2 aliphatic rings. The van der Waals surface area contributed by atoms with E-state index >= 15 is 0 Å². The van der Waals surface area contributed by atoms with Crippen LogP contribution in [-0.4, -0.2) is 24.6 Å². The van der Waals surface area contributed by atoms with Crippen LogP contribution in [-0.2, 0) is 19.1 Å². The number of hydrogen-bond donors (Lipinski definition) is 0. The van der Waals surface area contributed by atoms with Crippen LogP contribution in [0.4, 0.5) is 0 Å². The van der Waals surface area contributed by atoms with Gasteiger partial charge in [-0.1, -0.05) is 48.5 Å². The van der Waals surface area contributed by atoms with Crippen LogP contribution in [0.5, 0.6) is 0 Å². The molecule has 0 aromatic heterocycles. The van der Waals surface area contributed by atoms with E-state index in [0.717, 1.165) is 47.9 Å². The average molecular weight is 335 g/mol. The molecule has 25 heavy (non-hydrogen) atoms. The number of ether oxygens (including phenoxy) is 2. The van der Waals surface area contributed by atoms with Gasteiger partial charge < -0.3 is 9.47 Å². The lowest BCUT2D eigenvalue weighted by Crippen LogP contribution is -2.34. The van der Waals surface area contributed by atoms with E-state index in [4.69, 9.17) is 9.47 Å². The molecule has 127 valence electrons. The van der Waals surface area contributed by atoms with Gasteiger partial charge in [-0.05, 0) is 47.9 Å². The molecular weight excluding hydrogens is 316 g/mol. The number of fused-ring (bicyclic) bond motifs is 3. The van der Waals surface area contributed by atoms with Crippen molar-refractivity contribution >= 4 is 12.4 Å². The summed E-state index contributed by atoms with van der Waals surface area (Å²) in [5.41, 5.74) is 4.09. The fourth-order valence-corrected chi connectivity index (χ4v) is 4.06. The third-order valence-corrected chi connectivity index (χ3v) is 5.18. The van der Waals surface area contributed by atoms with E-state index < -0.39 is 12.1 Å². The standard InChI is InChI=1S/C21H19O4/c22-13-24-20(21(23)25-14-7-1-2-8-14)19-17-11-5-3-9-15(17)16-10-4-6-12-18(16)19/h3-6,9-12,14,19-20H,1-2,7-8H2. The first-order valence-electron chi connectivity index (χ1n) is 8.71. The first kappa shape index (κ1) is 15.9. The number of benzene rings is 2. The van der Waals surface area contributed by atoms with Crippen LogP contribution in [0.3, 0.4) is 0 Å². The molecule has 0 spiro atoms. The summed E-state index contributed by atoms with van der Waals surface area (Å²) in [6.07, 6.45) is 2.80. The van der Waals surface area contributed by atoms with Crippen molar-refractivity contribution in [3.63, 3.8) is 0 Å². The number of hydrogen-bond acceptors (Lipinski definition) is 4. The number of carbonyl (C=O) groups excluding carboxylic acids is 2. The highest BCUT2D eigenvalue weighted by atomic mass is 16.6. The highest BCUT2D eigenvalue weighted by Crippen LogP contribution is 2.47. The monoisotopic (exact) mass is 335 g/mol.